The van der Waals surface area contributed by atoms with Gasteiger partial charge in [0.2, 0.25) is 0 Å². The molecule has 0 aromatic heterocycles. The van der Waals surface area contributed by atoms with Gasteiger partial charge in [0.05, 0.1) is 5.92 Å². The Morgan fingerprint density at radius 1 is 0.720 bits per heavy atom. The molecule has 8 nitrogen and oxygen atoms in total. The van der Waals surface area contributed by atoms with Crippen LogP contribution in [0.3, 0.4) is 0 Å². The summed E-state index contributed by atoms with van der Waals surface area (Å²) in [5.74, 6) is 0.684. The minimum absolute atomic E-state index is 0. The van der Waals surface area contributed by atoms with Gasteiger partial charge in [0.15, 0.2) is 0 Å². The van der Waals surface area contributed by atoms with Crippen LogP contribution in [-0.2, 0) is 71.1 Å². The quantitative estimate of drug-likeness (QED) is 0.277. The number of hydrogen-bond acceptors (Lipinski definition) is 2. The van der Waals surface area contributed by atoms with E-state index in [1.165, 1.54) is 13.8 Å². The molecule has 0 spiro atoms. The van der Waals surface area contributed by atoms with Gasteiger partial charge in [0.25, 0.3) is 0 Å². The molecule has 0 fully saturated rings. The Hall–Kier alpha value is -1.65. The van der Waals surface area contributed by atoms with Gasteiger partial charge < -0.3 is 12.3 Å². The van der Waals surface area contributed by atoms with Gasteiger partial charge >= 0.3 is 84.6 Å². The molecule has 0 bridgehead atoms. The van der Waals surface area contributed by atoms with E-state index in [1.807, 2.05) is 0 Å². The van der Waals surface area contributed by atoms with Gasteiger partial charge in [-0.1, -0.05) is 6.92 Å². The van der Waals surface area contributed by atoms with Gasteiger partial charge in [0, 0.05) is 16.8 Å². The largest absolute Gasteiger partial charge is 3.00 e. The molecule has 25 heavy (non-hydrogen) atoms. The minimum atomic E-state index is -0.674. The van der Waals surface area contributed by atoms with Crippen molar-refractivity contribution in [1.82, 2.24) is 0 Å². The third-order valence-electron chi connectivity index (χ3n) is 1.60. The average molecular weight is 437 g/mol. The summed E-state index contributed by atoms with van der Waals surface area (Å²) in [5, 5.41) is 0. The van der Waals surface area contributed by atoms with Crippen molar-refractivity contribution in [3.05, 3.63) is 46.3 Å². The first-order valence-electron chi connectivity index (χ1n) is 4.66. The van der Waals surface area contributed by atoms with E-state index < -0.39 is 11.8 Å². The zero-order valence-electron chi connectivity index (χ0n) is 13.1. The van der Waals surface area contributed by atoms with Crippen molar-refractivity contribution < 1.29 is 71.1 Å². The van der Waals surface area contributed by atoms with Crippen molar-refractivity contribution in [1.29, 1.82) is 0 Å². The molecule has 0 aliphatic rings. The molecule has 0 saturated carbocycles. The summed E-state index contributed by atoms with van der Waals surface area (Å²) in [6.45, 7) is 31.4. The summed E-state index contributed by atoms with van der Waals surface area (Å²) in [7, 11) is 0. The van der Waals surface area contributed by atoms with Gasteiger partial charge in [-0.2, -0.15) is 0 Å². The van der Waals surface area contributed by atoms with Gasteiger partial charge in [-0.05, 0) is 19.8 Å². The molecule has 0 aromatic rings. The van der Waals surface area contributed by atoms with Crippen molar-refractivity contribution in [3.8, 4) is 5.92 Å². The number of Topliss-reactive ketones (excluding diaryl/α,β-unsaturated/α-hetero) is 2. The molecule has 0 amide bonds. The smallest absolute Gasteiger partial charge is 0 e. The topological polar surface area (TPSA) is 154 Å². The Morgan fingerprint density at radius 2 is 0.880 bits per heavy atom. The van der Waals surface area contributed by atoms with Crippen molar-refractivity contribution in [2.45, 2.75) is 20.8 Å². The van der Waals surface area contributed by atoms with E-state index in [9.17, 15) is 9.59 Å². The van der Waals surface area contributed by atoms with Crippen LogP contribution in [-0.4, -0.2) is 11.6 Å². The summed E-state index contributed by atoms with van der Waals surface area (Å²) in [6.07, 6.45) is 6.77. The molecule has 0 aliphatic carbocycles. The number of carbonyl (C=O) groups is 2. The van der Waals surface area contributed by atoms with Crippen LogP contribution < -0.4 is 0 Å². The van der Waals surface area contributed by atoms with Gasteiger partial charge in [0.1, 0.15) is 11.6 Å². The molecular weight excluding hydrogens is 426 g/mol. The van der Waals surface area contributed by atoms with Crippen molar-refractivity contribution >= 4 is 11.6 Å². The maximum atomic E-state index is 10.8. The molecule has 10 heteroatoms. The number of hydrogen-bond donors (Lipinski definition) is 0. The fourth-order valence-electron chi connectivity index (χ4n) is 1.07. The molecule has 0 rings (SSSR count). The summed E-state index contributed by atoms with van der Waals surface area (Å²) in [6, 6.07) is 0. The summed E-state index contributed by atoms with van der Waals surface area (Å²) >= 11 is 0. The summed E-state index contributed by atoms with van der Waals surface area (Å²) in [5.41, 5.74) is 0. The number of ketones is 2. The Kier molecular flexibility index (Phi) is 179. The van der Waals surface area contributed by atoms with Gasteiger partial charge in [-0.3, -0.25) is 9.59 Å². The van der Waals surface area contributed by atoms with E-state index >= 15 is 0 Å². The van der Waals surface area contributed by atoms with Crippen LogP contribution in [0.1, 0.15) is 20.8 Å². The predicted octanol–water partition coefficient (Wildman–Crippen LogP) is 0.776. The van der Waals surface area contributed by atoms with Crippen molar-refractivity contribution in [3.63, 3.8) is 0 Å². The Labute approximate surface area is 167 Å². The third kappa shape index (κ3) is 60.7. The van der Waals surface area contributed by atoms with Crippen LogP contribution >= 0.6 is 0 Å². The van der Waals surface area contributed by atoms with Crippen LogP contribution in [0.4, 0.5) is 0 Å². The van der Waals surface area contributed by atoms with Crippen LogP contribution in [0, 0.1) is 64.1 Å². The standard InChI is InChI=1S/C9H11O2.6CO.2Co/c1-5-6(2)9(7(3)10)8(4)11;6*1-2;;/h6,9H,2-4H3;;;;;;;;/q-1;;;;;;;;+3. The van der Waals surface area contributed by atoms with E-state index in [1.54, 1.807) is 6.92 Å². The van der Waals surface area contributed by atoms with Crippen LogP contribution in [0.5, 0.6) is 0 Å². The molecule has 1 radical (unpaired) electrons. The molecule has 0 aliphatic heterocycles. The first-order valence-corrected chi connectivity index (χ1v) is 4.66. The Morgan fingerprint density at radius 3 is 0.920 bits per heavy atom. The molecule has 135 valence electrons. The maximum Gasteiger partial charge on any atom is 3.00 e. The van der Waals surface area contributed by atoms with E-state index in [-0.39, 0.29) is 45.1 Å². The molecule has 0 aromatic carbocycles. The molecule has 1 atom stereocenters. The van der Waals surface area contributed by atoms with Crippen LogP contribution in [0.2, 0.25) is 0 Å². The predicted molar refractivity (Wildman–Crippen MR) is 64.7 cm³/mol. The van der Waals surface area contributed by atoms with Gasteiger partial charge in [-0.15, -0.1) is 0 Å². The monoisotopic (exact) mass is 437 g/mol. The molecule has 0 heterocycles. The first kappa shape index (κ1) is 56.6. The summed E-state index contributed by atoms with van der Waals surface area (Å²) in [4.78, 5) is 21.7. The van der Waals surface area contributed by atoms with E-state index in [0.717, 1.165) is 0 Å². The second-order valence-electron chi connectivity index (χ2n) is 2.63. The zero-order valence-corrected chi connectivity index (χ0v) is 15.2. The molecule has 1 unspecified atom stereocenters. The third-order valence-corrected chi connectivity index (χ3v) is 1.60. The minimum Gasteiger partial charge on any atom is 0 e. The Balaban J connectivity index is -0.0000000223. The zero-order chi connectivity index (χ0) is 21.0. The SMILES string of the molecule is [C-]#CC(C)C(C(C)=O)C(C)=O.[C-]#[O+].[C-]#[O+].[C-]#[O+].[C-]#[O+].[C-]#[O+].[C-]#[O+].[Co+3].[Co]. The number of rotatable bonds is 3. The van der Waals surface area contributed by atoms with E-state index in [4.69, 9.17) is 34.3 Å². The maximum absolute atomic E-state index is 10.8. The van der Waals surface area contributed by atoms with Crippen LogP contribution in [0.15, 0.2) is 0 Å². The normalized spacial score (nSPS) is 5.88. The summed E-state index contributed by atoms with van der Waals surface area (Å²) < 4.78 is 45.0. The second kappa shape index (κ2) is 79.1. The fraction of sp³-hybridized carbons (Fsp3) is 0.333. The molecular formula is C15H11Co2O8+2. The fourth-order valence-corrected chi connectivity index (χ4v) is 1.07. The first-order chi connectivity index (χ1) is 11.0. The van der Waals surface area contributed by atoms with E-state index in [0.29, 0.717) is 0 Å². The number of carbonyl (C=O) groups excluding carboxylic acids is 2. The Bertz CT molecular complexity index is 378. The van der Waals surface area contributed by atoms with Gasteiger partial charge in [-0.25, -0.2) is 0 Å². The average Bonchev–Trinajstić information content (AvgIpc) is 2.64. The second-order valence-corrected chi connectivity index (χ2v) is 2.63. The van der Waals surface area contributed by atoms with Crippen molar-refractivity contribution in [2.24, 2.45) is 11.8 Å². The van der Waals surface area contributed by atoms with E-state index in [2.05, 4.69) is 45.8 Å². The van der Waals surface area contributed by atoms with Crippen LogP contribution in [0.25, 0.3) is 0 Å². The molecule has 0 saturated heterocycles. The molecule has 0 N–H and O–H groups in total. The van der Waals surface area contributed by atoms with Crippen molar-refractivity contribution in [2.75, 3.05) is 0 Å².